The van der Waals surface area contributed by atoms with Gasteiger partial charge in [0.25, 0.3) is 0 Å². The first kappa shape index (κ1) is 19.0. The van der Waals surface area contributed by atoms with E-state index in [2.05, 4.69) is 41.1 Å². The number of carbonyl (C=O) groups excluding carboxylic acids is 1. The van der Waals surface area contributed by atoms with E-state index in [-0.39, 0.29) is 11.2 Å². The average Bonchev–Trinajstić information content (AvgIpc) is 3.01. The molecule has 1 saturated heterocycles. The van der Waals surface area contributed by atoms with Gasteiger partial charge in [0.05, 0.1) is 5.25 Å². The van der Waals surface area contributed by atoms with Crippen LogP contribution in [0, 0.1) is 6.92 Å². The Labute approximate surface area is 160 Å². The third kappa shape index (κ3) is 3.80. The number of carbonyl (C=O) groups is 1. The van der Waals surface area contributed by atoms with E-state index in [1.807, 2.05) is 30.7 Å². The predicted molar refractivity (Wildman–Crippen MR) is 106 cm³/mol. The highest BCUT2D eigenvalue weighted by molar-refractivity contribution is 8.00. The van der Waals surface area contributed by atoms with Crippen LogP contribution in [0.5, 0.6) is 0 Å². The van der Waals surface area contributed by atoms with Gasteiger partial charge in [0, 0.05) is 25.2 Å². The number of benzene rings is 1. The lowest BCUT2D eigenvalue weighted by molar-refractivity contribution is -0.134. The maximum atomic E-state index is 13.0. The fourth-order valence-corrected chi connectivity index (χ4v) is 4.52. The van der Waals surface area contributed by atoms with Gasteiger partial charge in [0.15, 0.2) is 11.0 Å². The van der Waals surface area contributed by atoms with Gasteiger partial charge in [-0.1, -0.05) is 43.0 Å². The van der Waals surface area contributed by atoms with Crippen LogP contribution >= 0.6 is 11.8 Å². The SMILES string of the molecule is CCC1CCCCN1C(=O)C(C)Sc1nnc(-c2ccccc2C)n1C. The Balaban J connectivity index is 1.75. The molecule has 0 saturated carbocycles. The maximum Gasteiger partial charge on any atom is 0.236 e. The maximum absolute atomic E-state index is 13.0. The first-order chi connectivity index (χ1) is 12.5. The molecule has 1 amide bonds. The van der Waals surface area contributed by atoms with Crippen molar-refractivity contribution >= 4 is 17.7 Å². The molecule has 140 valence electrons. The van der Waals surface area contributed by atoms with Crippen molar-refractivity contribution in [1.29, 1.82) is 0 Å². The van der Waals surface area contributed by atoms with Crippen LogP contribution in [0.15, 0.2) is 29.4 Å². The van der Waals surface area contributed by atoms with Gasteiger partial charge in [0.1, 0.15) is 0 Å². The normalized spacial score (nSPS) is 18.8. The van der Waals surface area contributed by atoms with Crippen LogP contribution in [0.25, 0.3) is 11.4 Å². The molecular weight excluding hydrogens is 344 g/mol. The highest BCUT2D eigenvalue weighted by Gasteiger charge is 2.30. The van der Waals surface area contributed by atoms with Crippen LogP contribution < -0.4 is 0 Å². The Morgan fingerprint density at radius 3 is 2.81 bits per heavy atom. The summed E-state index contributed by atoms with van der Waals surface area (Å²) in [4.78, 5) is 15.0. The lowest BCUT2D eigenvalue weighted by atomic mass is 10.00. The van der Waals surface area contributed by atoms with Gasteiger partial charge >= 0.3 is 0 Å². The molecule has 1 aromatic heterocycles. The summed E-state index contributed by atoms with van der Waals surface area (Å²) >= 11 is 1.50. The standard InChI is InChI=1S/C20H28N4OS/c1-5-16-11-8-9-13-24(16)19(25)15(3)26-20-22-21-18(23(20)4)17-12-7-6-10-14(17)2/h6-7,10,12,15-16H,5,8-9,11,13H2,1-4H3. The molecule has 2 heterocycles. The number of nitrogens with zero attached hydrogens (tertiary/aromatic N) is 4. The lowest BCUT2D eigenvalue weighted by Gasteiger charge is -2.36. The number of piperidine rings is 1. The van der Waals surface area contributed by atoms with E-state index in [4.69, 9.17) is 0 Å². The monoisotopic (exact) mass is 372 g/mol. The second-order valence-corrected chi connectivity index (χ2v) is 8.34. The van der Waals surface area contributed by atoms with E-state index in [0.29, 0.717) is 6.04 Å². The van der Waals surface area contributed by atoms with Gasteiger partial charge in [-0.3, -0.25) is 4.79 Å². The quantitative estimate of drug-likeness (QED) is 0.743. The molecule has 1 aliphatic rings. The number of aromatic nitrogens is 3. The molecule has 6 heteroatoms. The Kier molecular flexibility index (Phi) is 6.01. The summed E-state index contributed by atoms with van der Waals surface area (Å²) in [5.41, 5.74) is 2.25. The molecule has 2 atom stereocenters. The summed E-state index contributed by atoms with van der Waals surface area (Å²) in [6.07, 6.45) is 4.50. The fraction of sp³-hybridized carbons (Fsp3) is 0.550. The molecule has 5 nitrogen and oxygen atoms in total. The van der Waals surface area contributed by atoms with Crippen LogP contribution in [0.4, 0.5) is 0 Å². The molecule has 1 aromatic carbocycles. The van der Waals surface area contributed by atoms with Crippen molar-refractivity contribution in [1.82, 2.24) is 19.7 Å². The minimum absolute atomic E-state index is 0.158. The molecule has 0 N–H and O–H groups in total. The molecule has 0 bridgehead atoms. The van der Waals surface area contributed by atoms with Crippen molar-refractivity contribution in [3.63, 3.8) is 0 Å². The zero-order chi connectivity index (χ0) is 18.7. The summed E-state index contributed by atoms with van der Waals surface area (Å²) in [5.74, 6) is 1.07. The predicted octanol–water partition coefficient (Wildman–Crippen LogP) is 4.06. The van der Waals surface area contributed by atoms with Crippen molar-refractivity contribution in [2.45, 2.75) is 62.9 Å². The molecular formula is C20H28N4OS. The third-order valence-corrected chi connectivity index (χ3v) is 6.35. The third-order valence-electron chi connectivity index (χ3n) is 5.23. The van der Waals surface area contributed by atoms with Crippen molar-refractivity contribution < 1.29 is 4.79 Å². The highest BCUT2D eigenvalue weighted by Crippen LogP contribution is 2.29. The second kappa shape index (κ2) is 8.25. The number of rotatable bonds is 5. The number of likely N-dealkylation sites (tertiary alicyclic amines) is 1. The van der Waals surface area contributed by atoms with E-state index in [9.17, 15) is 4.79 Å². The smallest absolute Gasteiger partial charge is 0.236 e. The van der Waals surface area contributed by atoms with Gasteiger partial charge in [-0.05, 0) is 45.1 Å². The number of thioether (sulfide) groups is 1. The lowest BCUT2D eigenvalue weighted by Crippen LogP contribution is -2.46. The van der Waals surface area contributed by atoms with Gasteiger partial charge in [-0.15, -0.1) is 10.2 Å². The minimum Gasteiger partial charge on any atom is -0.339 e. The molecule has 1 fully saturated rings. The van der Waals surface area contributed by atoms with Gasteiger partial charge < -0.3 is 9.47 Å². The molecule has 2 unspecified atom stereocenters. The first-order valence-electron chi connectivity index (χ1n) is 9.45. The molecule has 0 aliphatic carbocycles. The Bertz CT molecular complexity index is 773. The van der Waals surface area contributed by atoms with E-state index in [0.717, 1.165) is 42.4 Å². The summed E-state index contributed by atoms with van der Waals surface area (Å²) in [7, 11) is 1.97. The average molecular weight is 373 g/mol. The van der Waals surface area contributed by atoms with Gasteiger partial charge in [-0.25, -0.2) is 0 Å². The second-order valence-electron chi connectivity index (χ2n) is 7.03. The van der Waals surface area contributed by atoms with E-state index in [1.165, 1.54) is 23.7 Å². The van der Waals surface area contributed by atoms with E-state index >= 15 is 0 Å². The summed E-state index contributed by atoms with van der Waals surface area (Å²) in [6, 6.07) is 8.55. The van der Waals surface area contributed by atoms with Crippen LogP contribution in [0.1, 0.15) is 45.1 Å². The molecule has 0 spiro atoms. The Morgan fingerprint density at radius 2 is 2.08 bits per heavy atom. The number of hydrogen-bond acceptors (Lipinski definition) is 4. The van der Waals surface area contributed by atoms with Crippen LogP contribution in [0.3, 0.4) is 0 Å². The molecule has 0 radical (unpaired) electrons. The fourth-order valence-electron chi connectivity index (χ4n) is 3.63. The van der Waals surface area contributed by atoms with Gasteiger partial charge in [-0.2, -0.15) is 0 Å². The molecule has 2 aromatic rings. The topological polar surface area (TPSA) is 51.0 Å². The van der Waals surface area contributed by atoms with Crippen molar-refractivity contribution in [3.8, 4) is 11.4 Å². The highest BCUT2D eigenvalue weighted by atomic mass is 32.2. The van der Waals surface area contributed by atoms with Crippen LogP contribution in [0.2, 0.25) is 0 Å². The summed E-state index contributed by atoms with van der Waals surface area (Å²) in [5, 5.41) is 9.34. The number of amides is 1. The number of aryl methyl sites for hydroxylation is 1. The number of hydrogen-bond donors (Lipinski definition) is 0. The van der Waals surface area contributed by atoms with E-state index < -0.39 is 0 Å². The van der Waals surface area contributed by atoms with Gasteiger partial charge in [0.2, 0.25) is 5.91 Å². The minimum atomic E-state index is -0.158. The zero-order valence-electron chi connectivity index (χ0n) is 16.1. The van der Waals surface area contributed by atoms with E-state index in [1.54, 1.807) is 0 Å². The van der Waals surface area contributed by atoms with Crippen molar-refractivity contribution in [3.05, 3.63) is 29.8 Å². The molecule has 26 heavy (non-hydrogen) atoms. The summed E-state index contributed by atoms with van der Waals surface area (Å²) < 4.78 is 1.99. The van der Waals surface area contributed by atoms with Crippen LogP contribution in [-0.2, 0) is 11.8 Å². The van der Waals surface area contributed by atoms with Crippen molar-refractivity contribution in [2.24, 2.45) is 7.05 Å². The molecule has 3 rings (SSSR count). The Hall–Kier alpha value is -1.82. The largest absolute Gasteiger partial charge is 0.339 e. The van der Waals surface area contributed by atoms with Crippen LogP contribution in [-0.4, -0.2) is 43.4 Å². The van der Waals surface area contributed by atoms with Crippen molar-refractivity contribution in [2.75, 3.05) is 6.54 Å². The zero-order valence-corrected chi connectivity index (χ0v) is 16.9. The summed E-state index contributed by atoms with van der Waals surface area (Å²) in [6.45, 7) is 7.11. The first-order valence-corrected chi connectivity index (χ1v) is 10.3. The molecule has 1 aliphatic heterocycles. The Morgan fingerprint density at radius 1 is 1.31 bits per heavy atom.